The van der Waals surface area contributed by atoms with Crippen LogP contribution in [0.15, 0.2) is 18.6 Å². The highest BCUT2D eigenvalue weighted by Gasteiger charge is 2.23. The molecule has 0 aliphatic rings. The summed E-state index contributed by atoms with van der Waals surface area (Å²) in [7, 11) is 0. The van der Waals surface area contributed by atoms with Crippen molar-refractivity contribution in [3.05, 3.63) is 52.4 Å². The fourth-order valence-corrected chi connectivity index (χ4v) is 5.43. The molecule has 380 valence electrons. The summed E-state index contributed by atoms with van der Waals surface area (Å²) < 4.78 is 35.5. The molecule has 0 saturated carbocycles. The maximum absolute atomic E-state index is 12.0. The lowest BCUT2D eigenvalue weighted by molar-refractivity contribution is -0.118. The largest absolute Gasteiger partial charge is 0.462 e. The third kappa shape index (κ3) is 29.7. The van der Waals surface area contributed by atoms with Gasteiger partial charge >= 0.3 is 17.9 Å². The molecule has 0 amide bonds. The lowest BCUT2D eigenvalue weighted by atomic mass is 10.2. The average molecular weight is 1010 g/mol. The molecule has 0 atom stereocenters. The number of nitrogens with zero attached hydrogens (tertiary/aromatic N) is 5. The van der Waals surface area contributed by atoms with E-state index in [1.54, 1.807) is 57.1 Å². The van der Waals surface area contributed by atoms with E-state index in [1.807, 2.05) is 62.3 Å². The van der Waals surface area contributed by atoms with Gasteiger partial charge in [0.2, 0.25) is 0 Å². The molecule has 19 heteroatoms. The van der Waals surface area contributed by atoms with Gasteiger partial charge in [-0.3, -0.25) is 14.5 Å². The second-order valence-electron chi connectivity index (χ2n) is 18.2. The van der Waals surface area contributed by atoms with Crippen molar-refractivity contribution in [2.75, 3.05) is 25.2 Å². The van der Waals surface area contributed by atoms with Gasteiger partial charge in [0, 0.05) is 43.9 Å². The predicted octanol–water partition coefficient (Wildman–Crippen LogP) is 9.14. The topological polar surface area (TPSA) is 222 Å². The van der Waals surface area contributed by atoms with Crippen LogP contribution in [0, 0.1) is 0 Å². The van der Waals surface area contributed by atoms with Crippen molar-refractivity contribution in [2.24, 2.45) is 0 Å². The number of aromatic nitrogens is 6. The molecule has 67 heavy (non-hydrogen) atoms. The Labute approximate surface area is 406 Å². The molecule has 18 nitrogen and oxygen atoms in total. The molecule has 0 bridgehead atoms. The minimum Gasteiger partial charge on any atom is -0.462 e. The SMILES string of the molecule is CC(=O)CCCBr.CCOC(=O)c1cn(CCCC(C)=O)nc1COC(C)(C)C.CCOC(=O)c1cn[nH]c1COC(C)(C)C.CCOC(=O)c1cnn(CCCC(C)=O)c1COC(C)(C)C. The van der Waals surface area contributed by atoms with Gasteiger partial charge in [-0.2, -0.15) is 15.3 Å². The highest BCUT2D eigenvalue weighted by atomic mass is 79.9. The van der Waals surface area contributed by atoms with Gasteiger partial charge in [-0.15, -0.1) is 0 Å². The molecular weight excluding hydrogens is 932 g/mol. The van der Waals surface area contributed by atoms with E-state index < -0.39 is 11.9 Å². The summed E-state index contributed by atoms with van der Waals surface area (Å²) in [5, 5.41) is 16.1. The molecule has 0 spiro atoms. The second-order valence-corrected chi connectivity index (χ2v) is 19.0. The number of carbonyl (C=O) groups excluding carboxylic acids is 6. The maximum atomic E-state index is 12.0. The molecule has 3 heterocycles. The average Bonchev–Trinajstić information content (AvgIpc) is 3.97. The highest BCUT2D eigenvalue weighted by molar-refractivity contribution is 9.09. The molecule has 3 aromatic heterocycles. The summed E-state index contributed by atoms with van der Waals surface area (Å²) in [6, 6.07) is 0. The smallest absolute Gasteiger partial charge is 0.341 e. The number of rotatable bonds is 23. The third-order valence-electron chi connectivity index (χ3n) is 8.40. The number of hydrogen-bond donors (Lipinski definition) is 1. The van der Waals surface area contributed by atoms with Gasteiger partial charge in [-0.1, -0.05) is 15.9 Å². The van der Waals surface area contributed by atoms with E-state index in [0.29, 0.717) is 105 Å². The lowest BCUT2D eigenvalue weighted by Crippen LogP contribution is -2.21. The lowest BCUT2D eigenvalue weighted by Gasteiger charge is -2.20. The first-order valence-electron chi connectivity index (χ1n) is 22.8. The summed E-state index contributed by atoms with van der Waals surface area (Å²) in [5.41, 5.74) is 2.30. The second kappa shape index (κ2) is 32.2. The summed E-state index contributed by atoms with van der Waals surface area (Å²) in [4.78, 5) is 67.7. The van der Waals surface area contributed by atoms with E-state index in [1.165, 1.54) is 12.4 Å². The number of ether oxygens (including phenoxy) is 6. The minimum absolute atomic E-state index is 0.144. The van der Waals surface area contributed by atoms with Gasteiger partial charge in [0.25, 0.3) is 0 Å². The normalized spacial score (nSPS) is 11.2. The van der Waals surface area contributed by atoms with Crippen LogP contribution in [0.5, 0.6) is 0 Å². The van der Waals surface area contributed by atoms with Crippen LogP contribution in [0.25, 0.3) is 0 Å². The fourth-order valence-electron chi connectivity index (χ4n) is 5.15. The molecule has 0 aliphatic heterocycles. The van der Waals surface area contributed by atoms with Crippen LogP contribution >= 0.6 is 15.9 Å². The van der Waals surface area contributed by atoms with Crippen molar-refractivity contribution in [3.63, 3.8) is 0 Å². The van der Waals surface area contributed by atoms with Crippen LogP contribution in [0.1, 0.15) is 191 Å². The van der Waals surface area contributed by atoms with Gasteiger partial charge < -0.3 is 42.8 Å². The molecule has 3 rings (SSSR count). The van der Waals surface area contributed by atoms with Gasteiger partial charge in [-0.05, 0) is 123 Å². The number of H-pyrrole nitrogens is 1. The highest BCUT2D eigenvalue weighted by Crippen LogP contribution is 2.19. The number of hydrogen-bond acceptors (Lipinski definition) is 15. The summed E-state index contributed by atoms with van der Waals surface area (Å²) >= 11 is 3.23. The van der Waals surface area contributed by atoms with Crippen LogP contribution < -0.4 is 0 Å². The van der Waals surface area contributed by atoms with Crippen LogP contribution in [0.2, 0.25) is 0 Å². The zero-order valence-corrected chi connectivity index (χ0v) is 44.4. The van der Waals surface area contributed by atoms with E-state index in [4.69, 9.17) is 28.4 Å². The maximum Gasteiger partial charge on any atom is 0.341 e. The summed E-state index contributed by atoms with van der Waals surface area (Å²) in [5.74, 6) is -0.594. The monoisotopic (exact) mass is 1010 g/mol. The molecular formula is C48H79BrN6O12. The van der Waals surface area contributed by atoms with E-state index in [9.17, 15) is 28.8 Å². The Hall–Kier alpha value is -4.59. The Bertz CT molecular complexity index is 1930. The van der Waals surface area contributed by atoms with E-state index in [2.05, 4.69) is 36.3 Å². The van der Waals surface area contributed by atoms with Crippen molar-refractivity contribution in [1.82, 2.24) is 29.8 Å². The van der Waals surface area contributed by atoms with Gasteiger partial charge in [-0.25, -0.2) is 14.4 Å². The number of Topliss-reactive ketones (excluding diaryl/α,β-unsaturated/α-hetero) is 3. The number of carbonyl (C=O) groups is 6. The Kier molecular flexibility index (Phi) is 30.0. The van der Waals surface area contributed by atoms with Crippen molar-refractivity contribution < 1.29 is 57.2 Å². The fraction of sp³-hybridized carbons (Fsp3) is 0.688. The Morgan fingerprint density at radius 1 is 0.597 bits per heavy atom. The number of nitrogens with one attached hydrogen (secondary N) is 1. The number of esters is 3. The molecule has 3 aromatic rings. The van der Waals surface area contributed by atoms with E-state index in [-0.39, 0.29) is 53.3 Å². The molecule has 0 aliphatic carbocycles. The number of alkyl halides is 1. The number of aromatic amines is 1. The Morgan fingerprint density at radius 3 is 1.51 bits per heavy atom. The summed E-state index contributed by atoms with van der Waals surface area (Å²) in [6.07, 6.45) is 8.68. The summed E-state index contributed by atoms with van der Waals surface area (Å²) in [6.45, 7) is 30.6. The van der Waals surface area contributed by atoms with Crippen LogP contribution in [-0.4, -0.2) is 107 Å². The molecule has 0 saturated heterocycles. The first-order chi connectivity index (χ1) is 31.2. The number of ketones is 3. The first kappa shape index (κ1) is 62.4. The van der Waals surface area contributed by atoms with Crippen molar-refractivity contribution in [2.45, 2.75) is 192 Å². The van der Waals surface area contributed by atoms with Crippen LogP contribution in [0.4, 0.5) is 0 Å². The van der Waals surface area contributed by atoms with Gasteiger partial charge in [0.05, 0.1) is 80.2 Å². The zero-order valence-electron chi connectivity index (χ0n) is 42.9. The standard InChI is InChI=1S/2C16H26N2O4.C11H18N2O3.C5H9BrO/c1-6-21-15(20)13-10-18(9-7-8-12(2)19)17-14(13)11-22-16(3,4)5;1-6-21-15(20)13-10-17-18(9-7-8-12(2)19)14(13)11-22-16(3,4)5;1-5-15-10(14)8-6-12-13-9(8)7-16-11(2,3)4;1-5(7)3-2-4-6/h2*10H,6-9,11H2,1-5H3;6H,5,7H2,1-4H3,(H,12,13);2-4H2,1H3. The predicted molar refractivity (Wildman–Crippen MR) is 258 cm³/mol. The van der Waals surface area contributed by atoms with Crippen molar-refractivity contribution in [3.8, 4) is 0 Å². The van der Waals surface area contributed by atoms with E-state index >= 15 is 0 Å². The molecule has 0 aromatic carbocycles. The molecule has 0 radical (unpaired) electrons. The zero-order chi connectivity index (χ0) is 51.4. The third-order valence-corrected chi connectivity index (χ3v) is 8.96. The quantitative estimate of drug-likeness (QED) is 0.0531. The van der Waals surface area contributed by atoms with Crippen molar-refractivity contribution >= 4 is 51.2 Å². The minimum atomic E-state index is -0.396. The number of aryl methyl sites for hydroxylation is 2. The first-order valence-corrected chi connectivity index (χ1v) is 23.9. The van der Waals surface area contributed by atoms with Crippen LogP contribution in [-0.2, 0) is 75.7 Å². The van der Waals surface area contributed by atoms with Crippen molar-refractivity contribution in [1.29, 1.82) is 0 Å². The molecule has 0 fully saturated rings. The van der Waals surface area contributed by atoms with E-state index in [0.717, 1.165) is 11.8 Å². The number of halogens is 1. The molecule has 0 unspecified atom stereocenters. The van der Waals surface area contributed by atoms with Gasteiger partial charge in [0.1, 0.15) is 39.7 Å². The molecule has 1 N–H and O–H groups in total. The van der Waals surface area contributed by atoms with Crippen LogP contribution in [0.3, 0.4) is 0 Å². The Balaban J connectivity index is 0.000000918. The van der Waals surface area contributed by atoms with Gasteiger partial charge in [0.15, 0.2) is 0 Å². The Morgan fingerprint density at radius 2 is 1.04 bits per heavy atom.